The summed E-state index contributed by atoms with van der Waals surface area (Å²) in [5.41, 5.74) is 3.38. The van der Waals surface area contributed by atoms with Gasteiger partial charge in [-0.05, 0) is 42.8 Å². The summed E-state index contributed by atoms with van der Waals surface area (Å²) in [6.07, 6.45) is 2.82. The van der Waals surface area contributed by atoms with Crippen LogP contribution in [0.4, 0.5) is 0 Å². The number of rotatable bonds is 4. The van der Waals surface area contributed by atoms with Crippen LogP contribution < -0.4 is 0 Å². The van der Waals surface area contributed by atoms with E-state index in [1.807, 2.05) is 54.8 Å². The van der Waals surface area contributed by atoms with Crippen LogP contribution in [0.2, 0.25) is 0 Å². The lowest BCUT2D eigenvalue weighted by Gasteiger charge is -2.16. The summed E-state index contributed by atoms with van der Waals surface area (Å²) in [7, 11) is -3.52. The van der Waals surface area contributed by atoms with E-state index in [-0.39, 0.29) is 12.5 Å². The minimum absolute atomic E-state index is 0.128. The molecule has 0 N–H and O–H groups in total. The van der Waals surface area contributed by atoms with Gasteiger partial charge in [-0.2, -0.15) is 8.42 Å². The zero-order chi connectivity index (χ0) is 21.0. The summed E-state index contributed by atoms with van der Waals surface area (Å²) in [4.78, 5) is 18.7. The molecule has 0 spiro atoms. The quantitative estimate of drug-likeness (QED) is 0.611. The second-order valence-electron chi connectivity index (χ2n) is 6.61. The Bertz CT molecular complexity index is 1090. The van der Waals surface area contributed by atoms with Crippen molar-refractivity contribution in [1.29, 1.82) is 0 Å². The topological polar surface area (TPSA) is 81.5 Å². The van der Waals surface area contributed by atoms with Crippen LogP contribution in [0.5, 0.6) is 0 Å². The summed E-state index contributed by atoms with van der Waals surface area (Å²) < 4.78 is 29.4. The van der Waals surface area contributed by atoms with Crippen molar-refractivity contribution in [3.05, 3.63) is 60.4 Å². The van der Waals surface area contributed by atoms with E-state index < -0.39 is 16.2 Å². The van der Waals surface area contributed by atoms with Crippen molar-refractivity contribution in [3.63, 3.8) is 0 Å². The van der Waals surface area contributed by atoms with E-state index >= 15 is 0 Å². The second kappa shape index (κ2) is 8.75. The minimum Gasteiger partial charge on any atom is -0.336 e. The molecule has 1 amide bonds. The van der Waals surface area contributed by atoms with Gasteiger partial charge in [0.05, 0.1) is 23.4 Å². The molecule has 7 nitrogen and oxygen atoms in total. The van der Waals surface area contributed by atoms with Gasteiger partial charge in [0.25, 0.3) is 16.0 Å². The number of carbonyl (C=O) groups excluding carboxylic acids is 1. The predicted octanol–water partition coefficient (Wildman–Crippen LogP) is 3.24. The number of amides is 1. The molecule has 1 aromatic heterocycles. The average molecular weight is 416 g/mol. The Morgan fingerprint density at radius 3 is 2.48 bits per heavy atom. The lowest BCUT2D eigenvalue weighted by atomic mass is 10.2. The first-order valence-corrected chi connectivity index (χ1v) is 11.4. The van der Waals surface area contributed by atoms with E-state index in [0.29, 0.717) is 18.5 Å². The highest BCUT2D eigenvalue weighted by Gasteiger charge is 2.29. The summed E-state index contributed by atoms with van der Waals surface area (Å²) in [6, 6.07) is 15.1. The van der Waals surface area contributed by atoms with Gasteiger partial charge in [-0.15, -0.1) is 0 Å². The van der Waals surface area contributed by atoms with Crippen molar-refractivity contribution in [3.8, 4) is 5.69 Å². The van der Waals surface area contributed by atoms with Gasteiger partial charge in [-0.25, -0.2) is 4.98 Å². The maximum absolute atomic E-state index is 12.7. The molecule has 0 bridgehead atoms. The molecule has 0 saturated carbocycles. The van der Waals surface area contributed by atoms with Gasteiger partial charge in [0.2, 0.25) is 0 Å². The van der Waals surface area contributed by atoms with Crippen LogP contribution in [-0.2, 0) is 14.3 Å². The van der Waals surface area contributed by atoms with Gasteiger partial charge in [0.1, 0.15) is 6.33 Å². The van der Waals surface area contributed by atoms with Gasteiger partial charge in [0.15, 0.2) is 0 Å². The lowest BCUT2D eigenvalue weighted by molar-refractivity contribution is 0.0773. The number of imidazole rings is 1. The molecule has 4 rings (SSSR count). The third kappa shape index (κ3) is 4.83. The number of carbonyl (C=O) groups is 1. The Balaban J connectivity index is 0.00000117. The van der Waals surface area contributed by atoms with Crippen molar-refractivity contribution in [2.75, 3.05) is 19.3 Å². The number of benzene rings is 2. The van der Waals surface area contributed by atoms with Gasteiger partial charge in [0, 0.05) is 24.3 Å². The first kappa shape index (κ1) is 21.0. The van der Waals surface area contributed by atoms with Crippen molar-refractivity contribution >= 4 is 27.1 Å². The zero-order valence-electron chi connectivity index (χ0n) is 16.8. The number of nitrogens with zero attached hydrogens (tertiary/aromatic N) is 3. The fraction of sp³-hybridized carbons (Fsp3) is 0.333. The smallest absolute Gasteiger partial charge is 0.264 e. The summed E-state index contributed by atoms with van der Waals surface area (Å²) in [5.74, 6) is -0.128. The highest BCUT2D eigenvalue weighted by atomic mass is 32.2. The summed E-state index contributed by atoms with van der Waals surface area (Å²) >= 11 is 0. The number of aromatic nitrogens is 2. The molecule has 1 aliphatic heterocycles. The molecular weight excluding hydrogens is 390 g/mol. The lowest BCUT2D eigenvalue weighted by Crippen LogP contribution is -2.30. The van der Waals surface area contributed by atoms with Crippen LogP contribution in [0.3, 0.4) is 0 Å². The molecule has 8 heteroatoms. The minimum atomic E-state index is -3.52. The van der Waals surface area contributed by atoms with Gasteiger partial charge in [-0.3, -0.25) is 13.5 Å². The SMILES string of the molecule is CC.CS(=O)(=O)OC1CCN(C(=O)c2ccc(-n3cnc4ccccc43)cc2)C1. The molecule has 154 valence electrons. The van der Waals surface area contributed by atoms with Crippen LogP contribution >= 0.6 is 0 Å². The highest BCUT2D eigenvalue weighted by Crippen LogP contribution is 2.21. The normalized spacial score (nSPS) is 16.5. The second-order valence-corrected chi connectivity index (χ2v) is 8.21. The first-order valence-electron chi connectivity index (χ1n) is 9.61. The molecule has 1 aliphatic rings. The molecule has 1 fully saturated rings. The van der Waals surface area contributed by atoms with Crippen LogP contribution in [0.1, 0.15) is 30.6 Å². The van der Waals surface area contributed by atoms with Crippen molar-refractivity contribution < 1.29 is 17.4 Å². The van der Waals surface area contributed by atoms with Gasteiger partial charge < -0.3 is 4.90 Å². The third-order valence-electron chi connectivity index (χ3n) is 4.59. The number of likely N-dealkylation sites (tertiary alicyclic amines) is 1. The Labute approximate surface area is 171 Å². The van der Waals surface area contributed by atoms with Gasteiger partial charge >= 0.3 is 0 Å². The van der Waals surface area contributed by atoms with E-state index in [1.54, 1.807) is 23.4 Å². The zero-order valence-corrected chi connectivity index (χ0v) is 17.6. The maximum Gasteiger partial charge on any atom is 0.264 e. The molecular formula is C21H25N3O4S. The van der Waals surface area contributed by atoms with Crippen molar-refractivity contribution in [2.45, 2.75) is 26.4 Å². The molecule has 0 radical (unpaired) electrons. The molecule has 0 aliphatic carbocycles. The molecule has 2 heterocycles. The molecule has 1 atom stereocenters. The van der Waals surface area contributed by atoms with E-state index in [9.17, 15) is 13.2 Å². The van der Waals surface area contributed by atoms with Crippen LogP contribution in [-0.4, -0.2) is 54.2 Å². The van der Waals surface area contributed by atoms with E-state index in [0.717, 1.165) is 23.0 Å². The largest absolute Gasteiger partial charge is 0.336 e. The first-order chi connectivity index (χ1) is 13.9. The van der Waals surface area contributed by atoms with E-state index in [4.69, 9.17) is 4.18 Å². The predicted molar refractivity (Wildman–Crippen MR) is 113 cm³/mol. The maximum atomic E-state index is 12.7. The third-order valence-corrected chi connectivity index (χ3v) is 5.21. The Morgan fingerprint density at radius 1 is 1.10 bits per heavy atom. The number of para-hydroxylation sites is 2. The Hall–Kier alpha value is -2.71. The van der Waals surface area contributed by atoms with Crippen molar-refractivity contribution in [1.82, 2.24) is 14.5 Å². The number of fused-ring (bicyclic) bond motifs is 1. The molecule has 29 heavy (non-hydrogen) atoms. The van der Waals surface area contributed by atoms with Crippen LogP contribution in [0.25, 0.3) is 16.7 Å². The fourth-order valence-electron chi connectivity index (χ4n) is 3.35. The standard InChI is InChI=1S/C19H19N3O4S.C2H6/c1-27(24,25)26-16-10-11-21(12-16)19(23)14-6-8-15(9-7-14)22-13-20-17-4-2-3-5-18(17)22;1-2/h2-9,13,16H,10-12H2,1H3;1-2H3. The van der Waals surface area contributed by atoms with Gasteiger partial charge in [-0.1, -0.05) is 26.0 Å². The fourth-order valence-corrected chi connectivity index (χ4v) is 4.00. The van der Waals surface area contributed by atoms with Crippen molar-refractivity contribution in [2.24, 2.45) is 0 Å². The number of hydrogen-bond acceptors (Lipinski definition) is 5. The van der Waals surface area contributed by atoms with Crippen LogP contribution in [0.15, 0.2) is 54.9 Å². The van der Waals surface area contributed by atoms with E-state index in [1.165, 1.54) is 0 Å². The summed E-state index contributed by atoms with van der Waals surface area (Å²) in [6.45, 7) is 4.76. The van der Waals surface area contributed by atoms with Crippen LogP contribution in [0, 0.1) is 0 Å². The molecule has 3 aromatic rings. The number of hydrogen-bond donors (Lipinski definition) is 0. The van der Waals surface area contributed by atoms with E-state index in [2.05, 4.69) is 4.98 Å². The molecule has 2 aromatic carbocycles. The molecule has 1 saturated heterocycles. The Morgan fingerprint density at radius 2 is 1.79 bits per heavy atom. The Kier molecular flexibility index (Phi) is 6.34. The monoisotopic (exact) mass is 415 g/mol. The average Bonchev–Trinajstić information content (AvgIpc) is 3.35. The molecule has 1 unspecified atom stereocenters. The highest BCUT2D eigenvalue weighted by molar-refractivity contribution is 7.86. The summed E-state index contributed by atoms with van der Waals surface area (Å²) in [5, 5.41) is 0.